The number of amides is 2. The van der Waals surface area contributed by atoms with Crippen LogP contribution in [0.2, 0.25) is 0 Å². The molecule has 1 saturated heterocycles. The third-order valence-electron chi connectivity index (χ3n) is 3.14. The van der Waals surface area contributed by atoms with Crippen molar-refractivity contribution in [2.75, 3.05) is 26.3 Å². The second-order valence-corrected chi connectivity index (χ2v) is 4.52. The Balaban J connectivity index is 2.80. The number of hydrogen-bond acceptors (Lipinski definition) is 4. The molecular formula is C12H22N2O4. The van der Waals surface area contributed by atoms with Crippen LogP contribution in [0, 0.1) is 11.8 Å². The molecule has 1 aliphatic heterocycles. The lowest BCUT2D eigenvalue weighted by Gasteiger charge is -2.42. The Kier molecular flexibility index (Phi) is 5.25. The summed E-state index contributed by atoms with van der Waals surface area (Å²) in [7, 11) is 0. The third kappa shape index (κ3) is 3.27. The van der Waals surface area contributed by atoms with E-state index in [1.54, 1.807) is 13.8 Å². The first-order chi connectivity index (χ1) is 8.51. The highest BCUT2D eigenvalue weighted by atomic mass is 16.6. The van der Waals surface area contributed by atoms with Crippen molar-refractivity contribution < 1.29 is 19.1 Å². The quantitative estimate of drug-likeness (QED) is 0.761. The predicted molar refractivity (Wildman–Crippen MR) is 65.8 cm³/mol. The van der Waals surface area contributed by atoms with Gasteiger partial charge in [-0.15, -0.1) is 0 Å². The standard InChI is InChI=1S/C12H22N2O4/c1-5-17-11(15)13-7-9(3)10(4)8-14(13)12(16)18-6-2/h9-10H,5-8H2,1-4H3/t9-,10+. The van der Waals surface area contributed by atoms with Gasteiger partial charge in [-0.25, -0.2) is 19.6 Å². The van der Waals surface area contributed by atoms with Gasteiger partial charge in [0.25, 0.3) is 0 Å². The molecule has 6 nitrogen and oxygen atoms in total. The van der Waals surface area contributed by atoms with Crippen LogP contribution in [0.15, 0.2) is 0 Å². The largest absolute Gasteiger partial charge is 0.448 e. The molecule has 0 aromatic heterocycles. The van der Waals surface area contributed by atoms with Crippen LogP contribution in [-0.2, 0) is 9.47 Å². The summed E-state index contributed by atoms with van der Waals surface area (Å²) in [6.07, 6.45) is -0.992. The molecule has 0 spiro atoms. The Morgan fingerprint density at radius 1 is 0.944 bits per heavy atom. The van der Waals surface area contributed by atoms with Crippen molar-refractivity contribution in [3.63, 3.8) is 0 Å². The van der Waals surface area contributed by atoms with Gasteiger partial charge in [-0.05, 0) is 25.7 Å². The summed E-state index contributed by atoms with van der Waals surface area (Å²) < 4.78 is 9.92. The number of nitrogens with zero attached hydrogens (tertiary/aromatic N) is 2. The smallest absolute Gasteiger partial charge is 0.428 e. The molecule has 18 heavy (non-hydrogen) atoms. The van der Waals surface area contributed by atoms with Crippen LogP contribution in [0.25, 0.3) is 0 Å². The summed E-state index contributed by atoms with van der Waals surface area (Å²) in [5.41, 5.74) is 0. The van der Waals surface area contributed by atoms with Gasteiger partial charge >= 0.3 is 12.2 Å². The van der Waals surface area contributed by atoms with Gasteiger partial charge in [-0.2, -0.15) is 0 Å². The van der Waals surface area contributed by atoms with E-state index in [2.05, 4.69) is 13.8 Å². The highest BCUT2D eigenvalue weighted by Gasteiger charge is 2.36. The Morgan fingerprint density at radius 2 is 1.28 bits per heavy atom. The number of rotatable bonds is 2. The fourth-order valence-corrected chi connectivity index (χ4v) is 1.84. The third-order valence-corrected chi connectivity index (χ3v) is 3.14. The van der Waals surface area contributed by atoms with E-state index in [9.17, 15) is 9.59 Å². The van der Waals surface area contributed by atoms with Gasteiger partial charge in [-0.1, -0.05) is 13.8 Å². The van der Waals surface area contributed by atoms with Gasteiger partial charge in [0.15, 0.2) is 0 Å². The zero-order valence-electron chi connectivity index (χ0n) is 11.5. The first-order valence-electron chi connectivity index (χ1n) is 6.39. The van der Waals surface area contributed by atoms with Gasteiger partial charge in [0, 0.05) is 13.1 Å². The molecule has 1 rings (SSSR count). The highest BCUT2D eigenvalue weighted by Crippen LogP contribution is 2.23. The Bertz CT molecular complexity index is 278. The van der Waals surface area contributed by atoms with Crippen LogP contribution in [0.1, 0.15) is 27.7 Å². The molecule has 0 saturated carbocycles. The summed E-state index contributed by atoms with van der Waals surface area (Å²) in [5, 5.41) is 2.68. The van der Waals surface area contributed by atoms with E-state index in [-0.39, 0.29) is 13.2 Å². The molecule has 0 aromatic carbocycles. The molecule has 6 heteroatoms. The molecule has 2 amide bonds. The number of carbonyl (C=O) groups excluding carboxylic acids is 2. The first-order valence-corrected chi connectivity index (χ1v) is 6.39. The summed E-state index contributed by atoms with van der Waals surface area (Å²) >= 11 is 0. The maximum Gasteiger partial charge on any atom is 0.428 e. The maximum atomic E-state index is 11.8. The number of ether oxygens (including phenoxy) is 2. The van der Waals surface area contributed by atoms with E-state index in [1.165, 1.54) is 10.0 Å². The fourth-order valence-electron chi connectivity index (χ4n) is 1.84. The van der Waals surface area contributed by atoms with Crippen molar-refractivity contribution in [2.45, 2.75) is 27.7 Å². The molecule has 0 unspecified atom stereocenters. The molecule has 1 heterocycles. The van der Waals surface area contributed by atoms with Gasteiger partial charge in [0.1, 0.15) is 0 Å². The molecule has 2 atom stereocenters. The molecule has 0 N–H and O–H groups in total. The second-order valence-electron chi connectivity index (χ2n) is 4.52. The van der Waals surface area contributed by atoms with E-state index < -0.39 is 12.2 Å². The second kappa shape index (κ2) is 6.47. The molecule has 0 bridgehead atoms. The van der Waals surface area contributed by atoms with Gasteiger partial charge < -0.3 is 9.47 Å². The monoisotopic (exact) mass is 258 g/mol. The number of carbonyl (C=O) groups is 2. The van der Waals surface area contributed by atoms with Crippen LogP contribution in [-0.4, -0.2) is 48.5 Å². The summed E-state index contributed by atoms with van der Waals surface area (Å²) in [4.78, 5) is 23.6. The van der Waals surface area contributed by atoms with Crippen molar-refractivity contribution >= 4 is 12.2 Å². The number of hydrogen-bond donors (Lipinski definition) is 0. The summed E-state index contributed by atoms with van der Waals surface area (Å²) in [6, 6.07) is 0. The molecule has 0 radical (unpaired) electrons. The Hall–Kier alpha value is -1.46. The van der Waals surface area contributed by atoms with Gasteiger partial charge in [-0.3, -0.25) is 0 Å². The van der Waals surface area contributed by atoms with Gasteiger partial charge in [0.05, 0.1) is 13.2 Å². The van der Waals surface area contributed by atoms with E-state index in [1.807, 2.05) is 0 Å². The highest BCUT2D eigenvalue weighted by molar-refractivity contribution is 5.74. The zero-order valence-corrected chi connectivity index (χ0v) is 11.5. The fraction of sp³-hybridized carbons (Fsp3) is 0.833. The molecular weight excluding hydrogens is 236 g/mol. The SMILES string of the molecule is CCOC(=O)N1C[C@@H](C)[C@@H](C)CN1C(=O)OCC. The normalized spacial score (nSPS) is 23.8. The van der Waals surface area contributed by atoms with Crippen molar-refractivity contribution in [3.05, 3.63) is 0 Å². The van der Waals surface area contributed by atoms with Crippen LogP contribution in [0.4, 0.5) is 9.59 Å². The lowest BCUT2D eigenvalue weighted by molar-refractivity contribution is -0.0640. The molecule has 0 aliphatic carbocycles. The predicted octanol–water partition coefficient (Wildman–Crippen LogP) is 2.10. The maximum absolute atomic E-state index is 11.8. The van der Waals surface area contributed by atoms with E-state index in [0.717, 1.165) is 0 Å². The van der Waals surface area contributed by atoms with Crippen LogP contribution >= 0.6 is 0 Å². The minimum Gasteiger partial charge on any atom is -0.448 e. The van der Waals surface area contributed by atoms with Gasteiger partial charge in [0.2, 0.25) is 0 Å². The zero-order chi connectivity index (χ0) is 13.7. The van der Waals surface area contributed by atoms with Crippen LogP contribution in [0.3, 0.4) is 0 Å². The van der Waals surface area contributed by atoms with Crippen LogP contribution in [0.5, 0.6) is 0 Å². The summed E-state index contributed by atoms with van der Waals surface area (Å²) in [6.45, 7) is 9.10. The topological polar surface area (TPSA) is 59.1 Å². The minimum atomic E-state index is -0.496. The lowest BCUT2D eigenvalue weighted by atomic mass is 9.94. The molecule has 1 fully saturated rings. The Labute approximate surface area is 108 Å². The van der Waals surface area contributed by atoms with Crippen molar-refractivity contribution in [2.24, 2.45) is 11.8 Å². The lowest BCUT2D eigenvalue weighted by Crippen LogP contribution is -2.58. The minimum absolute atomic E-state index is 0.288. The van der Waals surface area contributed by atoms with E-state index in [0.29, 0.717) is 24.9 Å². The van der Waals surface area contributed by atoms with E-state index >= 15 is 0 Å². The molecule has 104 valence electrons. The van der Waals surface area contributed by atoms with Crippen LogP contribution < -0.4 is 0 Å². The van der Waals surface area contributed by atoms with E-state index in [4.69, 9.17) is 9.47 Å². The number of hydrazine groups is 1. The molecule has 0 aromatic rings. The van der Waals surface area contributed by atoms with Crippen molar-refractivity contribution in [1.29, 1.82) is 0 Å². The first kappa shape index (κ1) is 14.6. The van der Waals surface area contributed by atoms with Crippen molar-refractivity contribution in [1.82, 2.24) is 10.0 Å². The Morgan fingerprint density at radius 3 is 1.56 bits per heavy atom. The summed E-state index contributed by atoms with van der Waals surface area (Å²) in [5.74, 6) is 0.639. The van der Waals surface area contributed by atoms with Crippen molar-refractivity contribution in [3.8, 4) is 0 Å². The molecule has 1 aliphatic rings. The average molecular weight is 258 g/mol. The average Bonchev–Trinajstić information content (AvgIpc) is 2.32.